The van der Waals surface area contributed by atoms with Gasteiger partial charge in [0.2, 0.25) is 0 Å². The van der Waals surface area contributed by atoms with Crippen molar-refractivity contribution in [1.29, 1.82) is 0 Å². The molecule has 0 aliphatic rings. The highest BCUT2D eigenvalue weighted by Gasteiger charge is 2.18. The Hall–Kier alpha value is -1.78. The van der Waals surface area contributed by atoms with Gasteiger partial charge in [-0.3, -0.25) is 4.98 Å². The number of nitrogens with one attached hydrogen (secondary N) is 1. The van der Waals surface area contributed by atoms with E-state index in [9.17, 15) is 9.50 Å². The Balaban J connectivity index is 2.04. The largest absolute Gasteiger partial charge is 0.387 e. The zero-order valence-corrected chi connectivity index (χ0v) is 13.0. The summed E-state index contributed by atoms with van der Waals surface area (Å²) in [6, 6.07) is 12.2. The van der Waals surface area contributed by atoms with Crippen molar-refractivity contribution in [1.82, 2.24) is 10.3 Å². The molecule has 2 rings (SSSR count). The van der Waals surface area contributed by atoms with Gasteiger partial charge in [-0.1, -0.05) is 38.1 Å². The Bertz CT molecular complexity index is 574. The van der Waals surface area contributed by atoms with Crippen molar-refractivity contribution in [2.75, 3.05) is 6.54 Å². The highest BCUT2D eigenvalue weighted by molar-refractivity contribution is 5.20. The molecule has 118 valence electrons. The predicted molar refractivity (Wildman–Crippen MR) is 85.8 cm³/mol. The number of nitrogens with zero attached hydrogens (tertiary/aromatic N) is 1. The molecule has 0 saturated heterocycles. The minimum atomic E-state index is -0.875. The van der Waals surface area contributed by atoms with Gasteiger partial charge in [0.15, 0.2) is 0 Å². The van der Waals surface area contributed by atoms with Crippen LogP contribution < -0.4 is 5.32 Å². The van der Waals surface area contributed by atoms with Crippen molar-refractivity contribution in [3.8, 4) is 0 Å². The third kappa shape index (κ3) is 4.61. The summed E-state index contributed by atoms with van der Waals surface area (Å²) >= 11 is 0. The van der Waals surface area contributed by atoms with Crippen LogP contribution in [0.5, 0.6) is 0 Å². The molecule has 0 spiro atoms. The molecule has 0 unspecified atom stereocenters. The Morgan fingerprint density at radius 2 is 1.86 bits per heavy atom. The van der Waals surface area contributed by atoms with E-state index < -0.39 is 6.10 Å². The lowest BCUT2D eigenvalue weighted by Gasteiger charge is -2.22. The number of hydrogen-bond donors (Lipinski definition) is 2. The molecule has 0 saturated carbocycles. The maximum atomic E-state index is 13.7. The van der Waals surface area contributed by atoms with E-state index in [1.165, 1.54) is 6.07 Å². The normalized spacial score (nSPS) is 14.0. The van der Waals surface area contributed by atoms with Gasteiger partial charge in [-0.15, -0.1) is 0 Å². The lowest BCUT2D eigenvalue weighted by atomic mass is 10.00. The highest BCUT2D eigenvalue weighted by atomic mass is 19.1. The molecule has 2 aromatic rings. The molecular weight excluding hydrogens is 279 g/mol. The second kappa shape index (κ2) is 8.01. The van der Waals surface area contributed by atoms with Crippen LogP contribution in [-0.4, -0.2) is 16.6 Å². The molecule has 1 heterocycles. The summed E-state index contributed by atoms with van der Waals surface area (Å²) in [5, 5.41) is 13.5. The van der Waals surface area contributed by atoms with E-state index in [4.69, 9.17) is 0 Å². The molecule has 1 aromatic carbocycles. The van der Waals surface area contributed by atoms with Crippen molar-refractivity contribution in [2.24, 2.45) is 5.92 Å². The van der Waals surface area contributed by atoms with Crippen LogP contribution >= 0.6 is 0 Å². The second-order valence-corrected chi connectivity index (χ2v) is 5.88. The average molecular weight is 302 g/mol. The number of aliphatic hydroxyl groups excluding tert-OH is 1. The smallest absolute Gasteiger partial charge is 0.129 e. The topological polar surface area (TPSA) is 45.1 Å². The van der Waals surface area contributed by atoms with Gasteiger partial charge >= 0.3 is 0 Å². The molecule has 0 amide bonds. The van der Waals surface area contributed by atoms with E-state index >= 15 is 0 Å². The summed E-state index contributed by atoms with van der Waals surface area (Å²) in [5.41, 5.74) is 1.26. The number of benzene rings is 1. The number of halogens is 1. The molecule has 2 atom stereocenters. The zero-order valence-electron chi connectivity index (χ0n) is 13.0. The molecule has 0 bridgehead atoms. The maximum absolute atomic E-state index is 13.7. The first-order valence-corrected chi connectivity index (χ1v) is 7.64. The van der Waals surface area contributed by atoms with Gasteiger partial charge in [0.25, 0.3) is 0 Å². The van der Waals surface area contributed by atoms with Crippen molar-refractivity contribution >= 4 is 0 Å². The van der Waals surface area contributed by atoms with Gasteiger partial charge in [0.05, 0.1) is 11.8 Å². The summed E-state index contributed by atoms with van der Waals surface area (Å²) < 4.78 is 13.7. The maximum Gasteiger partial charge on any atom is 0.129 e. The lowest BCUT2D eigenvalue weighted by Crippen LogP contribution is -2.28. The zero-order chi connectivity index (χ0) is 15.9. The molecule has 0 radical (unpaired) electrons. The number of rotatable bonds is 7. The fourth-order valence-corrected chi connectivity index (χ4v) is 2.47. The van der Waals surface area contributed by atoms with Crippen molar-refractivity contribution < 1.29 is 9.50 Å². The summed E-state index contributed by atoms with van der Waals surface area (Å²) in [7, 11) is 0. The molecule has 0 aliphatic carbocycles. The van der Waals surface area contributed by atoms with Crippen LogP contribution in [0.2, 0.25) is 0 Å². The Labute approximate surface area is 131 Å². The third-order valence-corrected chi connectivity index (χ3v) is 3.57. The molecule has 4 heteroatoms. The molecule has 0 fully saturated rings. The van der Waals surface area contributed by atoms with Gasteiger partial charge in [-0.2, -0.15) is 0 Å². The van der Waals surface area contributed by atoms with E-state index in [0.29, 0.717) is 11.5 Å². The summed E-state index contributed by atoms with van der Waals surface area (Å²) in [6.45, 7) is 4.57. The van der Waals surface area contributed by atoms with E-state index in [0.717, 1.165) is 12.1 Å². The molecule has 3 nitrogen and oxygen atoms in total. The Kier molecular flexibility index (Phi) is 6.04. The van der Waals surface area contributed by atoms with Crippen molar-refractivity contribution in [2.45, 2.75) is 32.4 Å². The molecule has 0 aliphatic heterocycles. The first-order chi connectivity index (χ1) is 10.6. The van der Waals surface area contributed by atoms with Gasteiger partial charge in [0, 0.05) is 24.3 Å². The van der Waals surface area contributed by atoms with E-state index in [1.54, 1.807) is 24.4 Å². The van der Waals surface area contributed by atoms with E-state index in [-0.39, 0.29) is 18.4 Å². The number of hydrogen-bond acceptors (Lipinski definition) is 3. The molecule has 1 aromatic heterocycles. The third-order valence-electron chi connectivity index (χ3n) is 3.57. The van der Waals surface area contributed by atoms with E-state index in [1.807, 2.05) is 18.2 Å². The van der Waals surface area contributed by atoms with Crippen LogP contribution in [0, 0.1) is 11.7 Å². The number of aromatic nitrogens is 1. The van der Waals surface area contributed by atoms with E-state index in [2.05, 4.69) is 24.1 Å². The minimum absolute atomic E-state index is 0.0441. The summed E-state index contributed by atoms with van der Waals surface area (Å²) in [5.74, 6) is 0.111. The predicted octanol–water partition coefficient (Wildman–Crippen LogP) is 3.63. The molecule has 2 N–H and O–H groups in total. The van der Waals surface area contributed by atoms with Gasteiger partial charge in [-0.25, -0.2) is 4.39 Å². The summed E-state index contributed by atoms with van der Waals surface area (Å²) in [6.07, 6.45) is 1.79. The molecular formula is C18H23FN2O. The van der Waals surface area contributed by atoms with Crippen LogP contribution in [0.1, 0.15) is 43.7 Å². The quantitative estimate of drug-likeness (QED) is 0.821. The fourth-order valence-electron chi connectivity index (χ4n) is 2.47. The first kappa shape index (κ1) is 16.6. The van der Waals surface area contributed by atoms with Crippen LogP contribution in [0.4, 0.5) is 4.39 Å². The van der Waals surface area contributed by atoms with Crippen LogP contribution in [0.3, 0.4) is 0 Å². The van der Waals surface area contributed by atoms with Gasteiger partial charge in [-0.05, 0) is 30.5 Å². The van der Waals surface area contributed by atoms with Crippen molar-refractivity contribution in [3.63, 3.8) is 0 Å². The van der Waals surface area contributed by atoms with Crippen molar-refractivity contribution in [3.05, 3.63) is 65.7 Å². The molecule has 22 heavy (non-hydrogen) atoms. The minimum Gasteiger partial charge on any atom is -0.387 e. The SMILES string of the molecule is CC(C)C[C@H](NC[C@H](O)c1ccccc1F)c1ccccn1. The monoisotopic (exact) mass is 302 g/mol. The Morgan fingerprint density at radius 1 is 1.14 bits per heavy atom. The van der Waals surface area contributed by atoms with Gasteiger partial charge in [0.1, 0.15) is 5.82 Å². The number of aliphatic hydroxyl groups is 1. The average Bonchev–Trinajstić information content (AvgIpc) is 2.52. The van der Waals surface area contributed by atoms with Gasteiger partial charge < -0.3 is 10.4 Å². The summed E-state index contributed by atoms with van der Waals surface area (Å²) in [4.78, 5) is 4.38. The highest BCUT2D eigenvalue weighted by Crippen LogP contribution is 2.21. The second-order valence-electron chi connectivity index (χ2n) is 5.88. The number of pyridine rings is 1. The van der Waals surface area contributed by atoms with Crippen LogP contribution in [0.15, 0.2) is 48.7 Å². The Morgan fingerprint density at radius 3 is 2.50 bits per heavy atom. The fraction of sp³-hybridized carbons (Fsp3) is 0.389. The lowest BCUT2D eigenvalue weighted by molar-refractivity contribution is 0.163. The standard InChI is InChI=1S/C18H23FN2O/c1-13(2)11-17(16-9-5-6-10-20-16)21-12-18(22)14-7-3-4-8-15(14)19/h3-10,13,17-18,21-22H,11-12H2,1-2H3/t17-,18-/m0/s1. The van der Waals surface area contributed by atoms with Crippen LogP contribution in [0.25, 0.3) is 0 Å². The first-order valence-electron chi connectivity index (χ1n) is 7.64. The van der Waals surface area contributed by atoms with Crippen LogP contribution in [-0.2, 0) is 0 Å².